The van der Waals surface area contributed by atoms with Gasteiger partial charge in [0.1, 0.15) is 5.75 Å². The number of benzene rings is 1. The van der Waals surface area contributed by atoms with E-state index in [2.05, 4.69) is 15.9 Å². The highest BCUT2D eigenvalue weighted by molar-refractivity contribution is 9.10. The van der Waals surface area contributed by atoms with E-state index in [0.29, 0.717) is 11.7 Å². The molecular weight excluding hydrogens is 235 g/mol. The van der Waals surface area contributed by atoms with Crippen molar-refractivity contribution in [1.29, 1.82) is 0 Å². The van der Waals surface area contributed by atoms with Crippen LogP contribution in [0.1, 0.15) is 25.3 Å². The van der Waals surface area contributed by atoms with Crippen molar-refractivity contribution in [2.45, 2.75) is 19.8 Å². The van der Waals surface area contributed by atoms with E-state index in [1.54, 1.807) is 6.07 Å². The first-order valence-corrected chi connectivity index (χ1v) is 4.92. The van der Waals surface area contributed by atoms with E-state index in [4.69, 9.17) is 4.74 Å². The van der Waals surface area contributed by atoms with Gasteiger partial charge in [-0.25, -0.2) is 4.39 Å². The molecule has 0 saturated carbocycles. The van der Waals surface area contributed by atoms with Crippen LogP contribution in [0.5, 0.6) is 5.75 Å². The van der Waals surface area contributed by atoms with Crippen LogP contribution in [0.15, 0.2) is 22.7 Å². The molecule has 1 rings (SSSR count). The third kappa shape index (κ3) is 2.69. The van der Waals surface area contributed by atoms with E-state index in [1.165, 1.54) is 0 Å². The molecule has 0 heterocycles. The molecule has 0 saturated heterocycles. The monoisotopic (exact) mass is 246 g/mol. The van der Waals surface area contributed by atoms with Gasteiger partial charge in [0.15, 0.2) is 0 Å². The summed E-state index contributed by atoms with van der Waals surface area (Å²) in [6.45, 7) is 3.32. The van der Waals surface area contributed by atoms with Crippen molar-refractivity contribution in [3.63, 3.8) is 0 Å². The largest absolute Gasteiger partial charge is 0.463 e. The fourth-order valence-corrected chi connectivity index (χ4v) is 1.51. The Morgan fingerprint density at radius 1 is 1.46 bits per heavy atom. The molecule has 13 heavy (non-hydrogen) atoms. The van der Waals surface area contributed by atoms with Gasteiger partial charge in [-0.3, -0.25) is 0 Å². The van der Waals surface area contributed by atoms with Gasteiger partial charge in [-0.15, -0.1) is 0 Å². The van der Waals surface area contributed by atoms with Gasteiger partial charge in [0.25, 0.3) is 0 Å². The molecule has 72 valence electrons. The average molecular weight is 247 g/mol. The fraction of sp³-hybridized carbons (Fsp3) is 0.400. The van der Waals surface area contributed by atoms with E-state index in [1.807, 2.05) is 26.0 Å². The third-order valence-corrected chi connectivity index (χ3v) is 2.30. The summed E-state index contributed by atoms with van der Waals surface area (Å²) < 4.78 is 17.8. The van der Waals surface area contributed by atoms with Gasteiger partial charge in [0.2, 0.25) is 6.86 Å². The molecule has 3 heteroatoms. The van der Waals surface area contributed by atoms with Gasteiger partial charge >= 0.3 is 0 Å². The summed E-state index contributed by atoms with van der Waals surface area (Å²) in [5.74, 6) is 0.960. The van der Waals surface area contributed by atoms with Gasteiger partial charge in [0.05, 0.1) is 0 Å². The molecular formula is C10H12BrFO. The minimum Gasteiger partial charge on any atom is -0.463 e. The molecule has 0 fully saturated rings. The standard InChI is InChI=1S/C10H12BrFO/c1-7(2)9-4-3-8(11)5-10(9)13-6-12/h3-5,7H,6H2,1-2H3. The Morgan fingerprint density at radius 2 is 2.15 bits per heavy atom. The van der Waals surface area contributed by atoms with Gasteiger partial charge in [0, 0.05) is 4.47 Å². The van der Waals surface area contributed by atoms with Crippen LogP contribution in [0.4, 0.5) is 4.39 Å². The van der Waals surface area contributed by atoms with Crippen LogP contribution in [0.2, 0.25) is 0 Å². The van der Waals surface area contributed by atoms with E-state index in [0.717, 1.165) is 10.0 Å². The number of hydrogen-bond donors (Lipinski definition) is 0. The molecule has 0 amide bonds. The van der Waals surface area contributed by atoms with Crippen molar-refractivity contribution < 1.29 is 9.13 Å². The minimum atomic E-state index is -0.782. The summed E-state index contributed by atoms with van der Waals surface area (Å²) in [7, 11) is 0. The summed E-state index contributed by atoms with van der Waals surface area (Å²) in [6.07, 6.45) is 0. The summed E-state index contributed by atoms with van der Waals surface area (Å²) in [5, 5.41) is 0. The van der Waals surface area contributed by atoms with Crippen LogP contribution >= 0.6 is 15.9 Å². The average Bonchev–Trinajstić information content (AvgIpc) is 2.04. The predicted octanol–water partition coefficient (Wildman–Crippen LogP) is 3.88. The lowest BCUT2D eigenvalue weighted by molar-refractivity contribution is 0.189. The zero-order valence-electron chi connectivity index (χ0n) is 7.68. The highest BCUT2D eigenvalue weighted by Crippen LogP contribution is 2.29. The second kappa shape index (κ2) is 4.61. The van der Waals surface area contributed by atoms with Gasteiger partial charge < -0.3 is 4.74 Å². The van der Waals surface area contributed by atoms with Crippen LogP contribution in [0.25, 0.3) is 0 Å². The molecule has 1 nitrogen and oxygen atoms in total. The Kier molecular flexibility index (Phi) is 3.72. The second-order valence-electron chi connectivity index (χ2n) is 3.09. The van der Waals surface area contributed by atoms with E-state index in [9.17, 15) is 4.39 Å². The van der Waals surface area contributed by atoms with Gasteiger partial charge in [-0.1, -0.05) is 35.8 Å². The van der Waals surface area contributed by atoms with Crippen LogP contribution < -0.4 is 4.74 Å². The molecule has 0 bridgehead atoms. The Hall–Kier alpha value is -0.570. The second-order valence-corrected chi connectivity index (χ2v) is 4.01. The first kappa shape index (κ1) is 10.5. The van der Waals surface area contributed by atoms with Crippen LogP contribution in [0, 0.1) is 0 Å². The van der Waals surface area contributed by atoms with Crippen molar-refractivity contribution in [3.8, 4) is 5.75 Å². The molecule has 1 aromatic carbocycles. The van der Waals surface area contributed by atoms with Gasteiger partial charge in [-0.05, 0) is 23.6 Å². The van der Waals surface area contributed by atoms with Gasteiger partial charge in [-0.2, -0.15) is 0 Å². The first-order valence-electron chi connectivity index (χ1n) is 4.13. The maximum absolute atomic E-state index is 12.0. The number of rotatable bonds is 3. The molecule has 0 aliphatic carbocycles. The minimum absolute atomic E-state index is 0.342. The van der Waals surface area contributed by atoms with Crippen LogP contribution in [-0.2, 0) is 0 Å². The van der Waals surface area contributed by atoms with E-state index in [-0.39, 0.29) is 0 Å². The molecule has 0 radical (unpaired) electrons. The van der Waals surface area contributed by atoms with Crippen LogP contribution in [-0.4, -0.2) is 6.86 Å². The predicted molar refractivity (Wildman–Crippen MR) is 54.8 cm³/mol. The summed E-state index contributed by atoms with van der Waals surface area (Å²) in [4.78, 5) is 0. The highest BCUT2D eigenvalue weighted by Gasteiger charge is 2.07. The van der Waals surface area contributed by atoms with Crippen molar-refractivity contribution in [1.82, 2.24) is 0 Å². The maximum atomic E-state index is 12.0. The summed E-state index contributed by atoms with van der Waals surface area (Å²) in [5.41, 5.74) is 1.03. The molecule has 0 aromatic heterocycles. The zero-order chi connectivity index (χ0) is 9.84. The van der Waals surface area contributed by atoms with E-state index >= 15 is 0 Å². The molecule has 0 spiro atoms. The van der Waals surface area contributed by atoms with E-state index < -0.39 is 6.86 Å². The van der Waals surface area contributed by atoms with Crippen molar-refractivity contribution in [2.75, 3.05) is 6.86 Å². The SMILES string of the molecule is CC(C)c1ccc(Br)cc1OCF. The maximum Gasteiger partial charge on any atom is 0.228 e. The lowest BCUT2D eigenvalue weighted by Gasteiger charge is -2.11. The molecule has 1 aromatic rings. The summed E-state index contributed by atoms with van der Waals surface area (Å²) in [6, 6.07) is 5.66. The number of halogens is 2. The normalized spacial score (nSPS) is 10.5. The Bertz CT molecular complexity index is 286. The quantitative estimate of drug-likeness (QED) is 0.787. The third-order valence-electron chi connectivity index (χ3n) is 1.81. The molecule has 0 aliphatic heterocycles. The number of ether oxygens (including phenoxy) is 1. The summed E-state index contributed by atoms with van der Waals surface area (Å²) >= 11 is 3.31. The number of alkyl halides is 1. The number of hydrogen-bond acceptors (Lipinski definition) is 1. The smallest absolute Gasteiger partial charge is 0.228 e. The zero-order valence-corrected chi connectivity index (χ0v) is 9.27. The lowest BCUT2D eigenvalue weighted by Crippen LogP contribution is -1.97. The fourth-order valence-electron chi connectivity index (χ4n) is 1.17. The van der Waals surface area contributed by atoms with Crippen molar-refractivity contribution in [2.24, 2.45) is 0 Å². The first-order chi connectivity index (χ1) is 6.15. The molecule has 0 unspecified atom stereocenters. The van der Waals surface area contributed by atoms with Crippen molar-refractivity contribution >= 4 is 15.9 Å². The Labute approximate surface area is 86.0 Å². The topological polar surface area (TPSA) is 9.23 Å². The molecule has 0 aliphatic rings. The lowest BCUT2D eigenvalue weighted by atomic mass is 10.0. The molecule has 0 N–H and O–H groups in total. The van der Waals surface area contributed by atoms with Crippen LogP contribution in [0.3, 0.4) is 0 Å². The van der Waals surface area contributed by atoms with Crippen molar-refractivity contribution in [3.05, 3.63) is 28.2 Å². The molecule has 0 atom stereocenters. The Morgan fingerprint density at radius 3 is 2.69 bits per heavy atom. The Balaban J connectivity index is 3.03. The highest BCUT2D eigenvalue weighted by atomic mass is 79.9.